The highest BCUT2D eigenvalue weighted by atomic mass is 16.4. The van der Waals surface area contributed by atoms with E-state index in [0.29, 0.717) is 11.3 Å². The van der Waals surface area contributed by atoms with Crippen molar-refractivity contribution in [1.82, 2.24) is 14.7 Å². The Morgan fingerprint density at radius 3 is 2.48 bits per heavy atom. The molecule has 0 aliphatic heterocycles. The van der Waals surface area contributed by atoms with Crippen LogP contribution in [0.4, 0.5) is 0 Å². The monoisotopic (exact) mass is 287 g/mol. The summed E-state index contributed by atoms with van der Waals surface area (Å²) in [5.74, 6) is -1.83. The fourth-order valence-corrected chi connectivity index (χ4v) is 2.01. The molecule has 1 amide bonds. The van der Waals surface area contributed by atoms with Crippen LogP contribution in [0.3, 0.4) is 0 Å². The summed E-state index contributed by atoms with van der Waals surface area (Å²) in [4.78, 5) is 24.6. The van der Waals surface area contributed by atoms with Gasteiger partial charge in [-0.3, -0.25) is 14.3 Å². The van der Waals surface area contributed by atoms with Crippen molar-refractivity contribution in [3.8, 4) is 0 Å². The van der Waals surface area contributed by atoms with E-state index in [-0.39, 0.29) is 12.5 Å². The molecule has 0 fully saturated rings. The second-order valence-electron chi connectivity index (χ2n) is 4.92. The number of hydrogen-bond acceptors (Lipinski definition) is 3. The van der Waals surface area contributed by atoms with Gasteiger partial charge < -0.3 is 10.0 Å². The molecule has 1 aromatic carbocycles. The molecule has 1 heterocycles. The van der Waals surface area contributed by atoms with Crippen molar-refractivity contribution in [2.45, 2.75) is 12.5 Å². The van der Waals surface area contributed by atoms with Crippen molar-refractivity contribution >= 4 is 11.9 Å². The topological polar surface area (TPSA) is 75.4 Å². The predicted molar refractivity (Wildman–Crippen MR) is 77.1 cm³/mol. The van der Waals surface area contributed by atoms with Gasteiger partial charge in [-0.05, 0) is 11.6 Å². The molecule has 2 rings (SSSR count). The Morgan fingerprint density at radius 2 is 1.90 bits per heavy atom. The van der Waals surface area contributed by atoms with Gasteiger partial charge in [0, 0.05) is 20.3 Å². The Bertz CT molecular complexity index is 635. The first kappa shape index (κ1) is 14.8. The summed E-state index contributed by atoms with van der Waals surface area (Å²) in [6, 6.07) is 10.6. The number of amides is 1. The van der Waals surface area contributed by atoms with E-state index in [1.807, 2.05) is 6.07 Å². The Morgan fingerprint density at radius 1 is 1.24 bits per heavy atom. The number of carbonyl (C=O) groups is 2. The lowest BCUT2D eigenvalue weighted by Crippen LogP contribution is -2.23. The first-order chi connectivity index (χ1) is 9.99. The van der Waals surface area contributed by atoms with Crippen molar-refractivity contribution in [2.75, 3.05) is 14.1 Å². The number of carbonyl (C=O) groups excluding carboxylic acids is 1. The van der Waals surface area contributed by atoms with Gasteiger partial charge in [0.2, 0.25) is 0 Å². The highest BCUT2D eigenvalue weighted by molar-refractivity contribution is 5.91. The molecular weight excluding hydrogens is 270 g/mol. The summed E-state index contributed by atoms with van der Waals surface area (Å²) < 4.78 is 1.49. The molecule has 110 valence electrons. The minimum absolute atomic E-state index is 0.181. The van der Waals surface area contributed by atoms with Crippen LogP contribution in [0.25, 0.3) is 0 Å². The average Bonchev–Trinajstić information content (AvgIpc) is 2.93. The van der Waals surface area contributed by atoms with E-state index in [1.54, 1.807) is 50.6 Å². The number of carboxylic acids is 1. The van der Waals surface area contributed by atoms with Crippen molar-refractivity contribution in [3.63, 3.8) is 0 Å². The molecule has 0 aliphatic rings. The molecule has 2 aromatic rings. The summed E-state index contributed by atoms with van der Waals surface area (Å²) in [5, 5.41) is 13.5. The van der Waals surface area contributed by atoms with Crippen LogP contribution in [0, 0.1) is 0 Å². The normalized spacial score (nSPS) is 11.9. The number of benzene rings is 1. The SMILES string of the molecule is CN(C)C(=O)c1ccn(CC(C(=O)O)c2ccccc2)n1. The molecule has 0 spiro atoms. The maximum Gasteiger partial charge on any atom is 0.312 e. The van der Waals surface area contributed by atoms with Crippen LogP contribution in [0.15, 0.2) is 42.6 Å². The quantitative estimate of drug-likeness (QED) is 0.903. The third-order valence-corrected chi connectivity index (χ3v) is 3.14. The summed E-state index contributed by atoms with van der Waals surface area (Å²) in [6.45, 7) is 0.181. The molecule has 0 radical (unpaired) electrons. The molecule has 6 nitrogen and oxygen atoms in total. The third kappa shape index (κ3) is 3.47. The summed E-state index contributed by atoms with van der Waals surface area (Å²) >= 11 is 0. The summed E-state index contributed by atoms with van der Waals surface area (Å²) in [5.41, 5.74) is 1.01. The number of carboxylic acid groups (broad SMARTS) is 1. The minimum Gasteiger partial charge on any atom is -0.481 e. The molecule has 1 unspecified atom stereocenters. The molecule has 6 heteroatoms. The molecule has 0 aliphatic carbocycles. The number of rotatable bonds is 5. The van der Waals surface area contributed by atoms with Crippen LogP contribution in [-0.2, 0) is 11.3 Å². The molecule has 1 atom stereocenters. The van der Waals surface area contributed by atoms with Crippen LogP contribution in [0.1, 0.15) is 22.0 Å². The van der Waals surface area contributed by atoms with Gasteiger partial charge in [0.1, 0.15) is 11.6 Å². The van der Waals surface area contributed by atoms with Gasteiger partial charge in [-0.1, -0.05) is 30.3 Å². The van der Waals surface area contributed by atoms with Gasteiger partial charge in [-0.2, -0.15) is 5.10 Å². The van der Waals surface area contributed by atoms with Gasteiger partial charge in [0.05, 0.1) is 6.54 Å². The second-order valence-corrected chi connectivity index (χ2v) is 4.92. The van der Waals surface area contributed by atoms with E-state index in [0.717, 1.165) is 0 Å². The highest BCUT2D eigenvalue weighted by Gasteiger charge is 2.21. The molecule has 0 saturated carbocycles. The Labute approximate surface area is 122 Å². The van der Waals surface area contributed by atoms with Crippen molar-refractivity contribution in [3.05, 3.63) is 53.9 Å². The van der Waals surface area contributed by atoms with E-state index in [1.165, 1.54) is 9.58 Å². The first-order valence-corrected chi connectivity index (χ1v) is 6.52. The number of aliphatic carboxylic acids is 1. The smallest absolute Gasteiger partial charge is 0.312 e. The molecular formula is C15H17N3O3. The largest absolute Gasteiger partial charge is 0.481 e. The van der Waals surface area contributed by atoms with Crippen LogP contribution in [-0.4, -0.2) is 45.8 Å². The van der Waals surface area contributed by atoms with Crippen LogP contribution < -0.4 is 0 Å². The van der Waals surface area contributed by atoms with Gasteiger partial charge in [-0.25, -0.2) is 0 Å². The lowest BCUT2D eigenvalue weighted by Gasteiger charge is -2.13. The predicted octanol–water partition coefficient (Wildman–Crippen LogP) is 1.45. The Hall–Kier alpha value is -2.63. The Kier molecular flexibility index (Phi) is 4.37. The highest BCUT2D eigenvalue weighted by Crippen LogP contribution is 2.18. The summed E-state index contributed by atoms with van der Waals surface area (Å²) in [7, 11) is 3.29. The second kappa shape index (κ2) is 6.21. The van der Waals surface area contributed by atoms with Crippen molar-refractivity contribution < 1.29 is 14.7 Å². The first-order valence-electron chi connectivity index (χ1n) is 6.52. The molecule has 21 heavy (non-hydrogen) atoms. The number of nitrogens with zero attached hydrogens (tertiary/aromatic N) is 3. The van der Waals surface area contributed by atoms with Gasteiger partial charge in [0.15, 0.2) is 0 Å². The fourth-order valence-electron chi connectivity index (χ4n) is 2.01. The van der Waals surface area contributed by atoms with E-state index >= 15 is 0 Å². The third-order valence-electron chi connectivity index (χ3n) is 3.14. The van der Waals surface area contributed by atoms with Crippen LogP contribution in [0.5, 0.6) is 0 Å². The molecule has 0 bridgehead atoms. The average molecular weight is 287 g/mol. The molecule has 1 aromatic heterocycles. The lowest BCUT2D eigenvalue weighted by molar-refractivity contribution is -0.139. The number of aromatic nitrogens is 2. The van der Waals surface area contributed by atoms with Gasteiger partial charge >= 0.3 is 5.97 Å². The zero-order chi connectivity index (χ0) is 15.4. The zero-order valence-corrected chi connectivity index (χ0v) is 11.9. The molecule has 1 N–H and O–H groups in total. The van der Waals surface area contributed by atoms with Crippen LogP contribution in [0.2, 0.25) is 0 Å². The van der Waals surface area contributed by atoms with Gasteiger partial charge in [-0.15, -0.1) is 0 Å². The van der Waals surface area contributed by atoms with Gasteiger partial charge in [0.25, 0.3) is 5.91 Å². The number of hydrogen-bond donors (Lipinski definition) is 1. The van der Waals surface area contributed by atoms with Crippen molar-refractivity contribution in [2.24, 2.45) is 0 Å². The van der Waals surface area contributed by atoms with E-state index in [2.05, 4.69) is 5.10 Å². The maximum atomic E-state index is 11.8. The lowest BCUT2D eigenvalue weighted by atomic mass is 9.99. The summed E-state index contributed by atoms with van der Waals surface area (Å²) in [6.07, 6.45) is 1.62. The van der Waals surface area contributed by atoms with Crippen molar-refractivity contribution in [1.29, 1.82) is 0 Å². The van der Waals surface area contributed by atoms with E-state index in [9.17, 15) is 14.7 Å². The zero-order valence-electron chi connectivity index (χ0n) is 11.9. The molecule has 0 saturated heterocycles. The Balaban J connectivity index is 2.19. The minimum atomic E-state index is -0.919. The standard InChI is InChI=1S/C15H17N3O3/c1-17(2)14(19)13-8-9-18(16-13)10-12(15(20)21)11-6-4-3-5-7-11/h3-9,12H,10H2,1-2H3,(H,20,21). The fraction of sp³-hybridized carbons (Fsp3) is 0.267. The van der Waals surface area contributed by atoms with E-state index < -0.39 is 11.9 Å². The van der Waals surface area contributed by atoms with Crippen LogP contribution >= 0.6 is 0 Å². The maximum absolute atomic E-state index is 11.8. The van der Waals surface area contributed by atoms with E-state index in [4.69, 9.17) is 0 Å².